The van der Waals surface area contributed by atoms with Crippen molar-refractivity contribution in [2.45, 2.75) is 20.3 Å². The molecule has 0 saturated carbocycles. The topological polar surface area (TPSA) is 17.1 Å². The standard InChI is InChI=1S/C16H14BrFO/c1-10-6-7-11(2)12(8-10)9-15(19)13-4-3-5-14(18)16(13)17/h3-8H,9H2,1-2H3. The minimum atomic E-state index is -0.410. The molecule has 0 saturated heterocycles. The molecule has 0 atom stereocenters. The zero-order valence-corrected chi connectivity index (χ0v) is 12.4. The van der Waals surface area contributed by atoms with E-state index in [1.54, 1.807) is 12.1 Å². The Kier molecular flexibility index (Phi) is 4.15. The van der Waals surface area contributed by atoms with Crippen LogP contribution in [-0.2, 0) is 6.42 Å². The summed E-state index contributed by atoms with van der Waals surface area (Å²) in [6.07, 6.45) is 0.287. The minimum Gasteiger partial charge on any atom is -0.294 e. The first-order valence-corrected chi connectivity index (χ1v) is 6.81. The van der Waals surface area contributed by atoms with Crippen molar-refractivity contribution in [3.05, 3.63) is 68.9 Å². The van der Waals surface area contributed by atoms with Gasteiger partial charge in [0.05, 0.1) is 4.47 Å². The summed E-state index contributed by atoms with van der Waals surface area (Å²) in [5.41, 5.74) is 3.57. The fraction of sp³-hybridized carbons (Fsp3) is 0.188. The largest absolute Gasteiger partial charge is 0.294 e. The lowest BCUT2D eigenvalue weighted by Crippen LogP contribution is -2.06. The number of rotatable bonds is 3. The fourth-order valence-corrected chi connectivity index (χ4v) is 2.46. The van der Waals surface area contributed by atoms with Gasteiger partial charge in [0.1, 0.15) is 5.82 Å². The van der Waals surface area contributed by atoms with Crippen LogP contribution in [0.25, 0.3) is 0 Å². The van der Waals surface area contributed by atoms with Crippen molar-refractivity contribution in [1.29, 1.82) is 0 Å². The highest BCUT2D eigenvalue weighted by atomic mass is 79.9. The molecular weight excluding hydrogens is 307 g/mol. The van der Waals surface area contributed by atoms with E-state index in [4.69, 9.17) is 0 Å². The molecule has 0 aliphatic heterocycles. The van der Waals surface area contributed by atoms with Crippen LogP contribution in [0.15, 0.2) is 40.9 Å². The van der Waals surface area contributed by atoms with Gasteiger partial charge in [-0.05, 0) is 47.0 Å². The van der Waals surface area contributed by atoms with Crippen molar-refractivity contribution in [3.8, 4) is 0 Å². The minimum absolute atomic E-state index is 0.0833. The maximum Gasteiger partial charge on any atom is 0.168 e. The van der Waals surface area contributed by atoms with E-state index in [1.165, 1.54) is 6.07 Å². The van der Waals surface area contributed by atoms with Crippen molar-refractivity contribution < 1.29 is 9.18 Å². The average molecular weight is 321 g/mol. The number of Topliss-reactive ketones (excluding diaryl/α,β-unsaturated/α-hetero) is 1. The first-order valence-electron chi connectivity index (χ1n) is 6.02. The molecule has 19 heavy (non-hydrogen) atoms. The molecule has 1 nitrogen and oxygen atoms in total. The van der Waals surface area contributed by atoms with Crippen LogP contribution in [0.5, 0.6) is 0 Å². The monoisotopic (exact) mass is 320 g/mol. The Hall–Kier alpha value is -1.48. The van der Waals surface area contributed by atoms with E-state index in [9.17, 15) is 9.18 Å². The number of carbonyl (C=O) groups is 1. The average Bonchev–Trinajstić information content (AvgIpc) is 2.37. The molecule has 0 heterocycles. The first kappa shape index (κ1) is 13.9. The molecule has 0 amide bonds. The number of halogens is 2. The molecule has 0 N–H and O–H groups in total. The molecule has 0 radical (unpaired) electrons. The molecule has 0 bridgehead atoms. The van der Waals surface area contributed by atoms with Gasteiger partial charge in [0, 0.05) is 12.0 Å². The van der Waals surface area contributed by atoms with Gasteiger partial charge in [0.25, 0.3) is 0 Å². The Bertz CT molecular complexity index is 635. The van der Waals surface area contributed by atoms with Crippen molar-refractivity contribution >= 4 is 21.7 Å². The summed E-state index contributed by atoms with van der Waals surface area (Å²) in [4.78, 5) is 12.3. The Balaban J connectivity index is 2.31. The van der Waals surface area contributed by atoms with E-state index in [0.29, 0.717) is 5.56 Å². The number of hydrogen-bond donors (Lipinski definition) is 0. The van der Waals surface area contributed by atoms with E-state index in [2.05, 4.69) is 15.9 Å². The number of ketones is 1. The summed E-state index contributed by atoms with van der Waals surface area (Å²) < 4.78 is 13.7. The number of carbonyl (C=O) groups excluding carboxylic acids is 1. The third-order valence-electron chi connectivity index (χ3n) is 3.11. The Morgan fingerprint density at radius 2 is 1.95 bits per heavy atom. The zero-order valence-electron chi connectivity index (χ0n) is 10.8. The Morgan fingerprint density at radius 1 is 1.21 bits per heavy atom. The Labute approximate surface area is 120 Å². The maximum absolute atomic E-state index is 13.4. The van der Waals surface area contributed by atoms with E-state index >= 15 is 0 Å². The van der Waals surface area contributed by atoms with Gasteiger partial charge in [-0.2, -0.15) is 0 Å². The van der Waals surface area contributed by atoms with Gasteiger partial charge in [0.2, 0.25) is 0 Å². The molecule has 0 aliphatic rings. The summed E-state index contributed by atoms with van der Waals surface area (Å²) in [6.45, 7) is 3.97. The summed E-state index contributed by atoms with van der Waals surface area (Å²) in [7, 11) is 0. The van der Waals surface area contributed by atoms with Gasteiger partial charge in [-0.1, -0.05) is 35.9 Å². The lowest BCUT2D eigenvalue weighted by Gasteiger charge is -2.08. The van der Waals surface area contributed by atoms with E-state index in [-0.39, 0.29) is 16.7 Å². The third kappa shape index (κ3) is 3.10. The SMILES string of the molecule is Cc1ccc(C)c(CC(=O)c2cccc(F)c2Br)c1. The van der Waals surface area contributed by atoms with Gasteiger partial charge in [-0.15, -0.1) is 0 Å². The first-order chi connectivity index (χ1) is 8.99. The van der Waals surface area contributed by atoms with Crippen LogP contribution in [0, 0.1) is 19.7 Å². The van der Waals surface area contributed by atoms with Crippen molar-refractivity contribution in [2.24, 2.45) is 0 Å². The maximum atomic E-state index is 13.4. The smallest absolute Gasteiger partial charge is 0.168 e. The van der Waals surface area contributed by atoms with E-state index < -0.39 is 5.82 Å². The molecule has 2 rings (SSSR count). The van der Waals surface area contributed by atoms with Gasteiger partial charge >= 0.3 is 0 Å². The van der Waals surface area contributed by atoms with E-state index in [1.807, 2.05) is 32.0 Å². The normalized spacial score (nSPS) is 10.5. The summed E-state index contributed by atoms with van der Waals surface area (Å²) in [5.74, 6) is -0.494. The molecule has 0 aliphatic carbocycles. The molecule has 0 unspecified atom stereocenters. The lowest BCUT2D eigenvalue weighted by molar-refractivity contribution is 0.0991. The summed E-state index contributed by atoms with van der Waals surface area (Å²) in [5, 5.41) is 0. The Morgan fingerprint density at radius 3 is 2.68 bits per heavy atom. The number of aryl methyl sites for hydroxylation is 2. The van der Waals surface area contributed by atoms with Crippen LogP contribution < -0.4 is 0 Å². The van der Waals surface area contributed by atoms with Crippen molar-refractivity contribution in [1.82, 2.24) is 0 Å². The molecule has 2 aromatic carbocycles. The van der Waals surface area contributed by atoms with Crippen LogP contribution in [0.3, 0.4) is 0 Å². The van der Waals surface area contributed by atoms with Crippen LogP contribution in [0.1, 0.15) is 27.0 Å². The lowest BCUT2D eigenvalue weighted by atomic mass is 9.98. The second kappa shape index (κ2) is 5.66. The zero-order chi connectivity index (χ0) is 14.0. The van der Waals surface area contributed by atoms with Crippen LogP contribution in [0.2, 0.25) is 0 Å². The van der Waals surface area contributed by atoms with E-state index in [0.717, 1.165) is 16.7 Å². The van der Waals surface area contributed by atoms with Crippen LogP contribution in [-0.4, -0.2) is 5.78 Å². The van der Waals surface area contributed by atoms with Gasteiger partial charge < -0.3 is 0 Å². The highest BCUT2D eigenvalue weighted by molar-refractivity contribution is 9.10. The molecule has 0 aromatic heterocycles. The van der Waals surface area contributed by atoms with Gasteiger partial charge in [0.15, 0.2) is 5.78 Å². The highest BCUT2D eigenvalue weighted by Crippen LogP contribution is 2.23. The summed E-state index contributed by atoms with van der Waals surface area (Å²) >= 11 is 3.13. The molecule has 0 spiro atoms. The van der Waals surface area contributed by atoms with Crippen molar-refractivity contribution in [2.75, 3.05) is 0 Å². The molecular formula is C16H14BrFO. The quantitative estimate of drug-likeness (QED) is 0.753. The molecule has 2 aromatic rings. The summed E-state index contributed by atoms with van der Waals surface area (Å²) in [6, 6.07) is 10.5. The number of benzene rings is 2. The van der Waals surface area contributed by atoms with Gasteiger partial charge in [-0.25, -0.2) is 4.39 Å². The van der Waals surface area contributed by atoms with Gasteiger partial charge in [-0.3, -0.25) is 4.79 Å². The molecule has 98 valence electrons. The second-order valence-corrected chi connectivity index (χ2v) is 5.42. The second-order valence-electron chi connectivity index (χ2n) is 4.63. The third-order valence-corrected chi connectivity index (χ3v) is 3.91. The predicted molar refractivity (Wildman–Crippen MR) is 78.1 cm³/mol. The molecule has 3 heteroatoms. The number of hydrogen-bond acceptors (Lipinski definition) is 1. The molecule has 0 fully saturated rings. The van der Waals surface area contributed by atoms with Crippen LogP contribution in [0.4, 0.5) is 4.39 Å². The fourth-order valence-electron chi connectivity index (χ4n) is 1.98. The van der Waals surface area contributed by atoms with Crippen molar-refractivity contribution in [3.63, 3.8) is 0 Å². The predicted octanol–water partition coefficient (Wildman–Crippen LogP) is 4.63. The highest BCUT2D eigenvalue weighted by Gasteiger charge is 2.14. The van der Waals surface area contributed by atoms with Crippen LogP contribution >= 0.6 is 15.9 Å².